The monoisotopic (exact) mass is 815 g/mol. The van der Waals surface area contributed by atoms with E-state index in [4.69, 9.17) is 0 Å². The van der Waals surface area contributed by atoms with Crippen LogP contribution in [0, 0.1) is 50.4 Å². The van der Waals surface area contributed by atoms with E-state index in [1.54, 1.807) is 38.1 Å². The van der Waals surface area contributed by atoms with Gasteiger partial charge in [-0.1, -0.05) is 96.1 Å². The van der Waals surface area contributed by atoms with Crippen LogP contribution >= 0.6 is 0 Å². The van der Waals surface area contributed by atoms with E-state index in [1.165, 1.54) is 0 Å². The molecule has 14 nitrogen and oxygen atoms in total. The van der Waals surface area contributed by atoms with Crippen molar-refractivity contribution in [3.63, 3.8) is 0 Å². The third kappa shape index (κ3) is 11.0. The summed E-state index contributed by atoms with van der Waals surface area (Å²) in [5.41, 5.74) is 4.68. The van der Waals surface area contributed by atoms with Gasteiger partial charge in [0.15, 0.2) is 11.4 Å². The maximum Gasteiger partial charge on any atom is 0.271 e. The zero-order chi connectivity index (χ0) is 38.8. The van der Waals surface area contributed by atoms with Crippen LogP contribution in [-0.2, 0) is 30.2 Å². The molecule has 0 bridgehead atoms. The van der Waals surface area contributed by atoms with E-state index in [2.05, 4.69) is 20.5 Å². The fraction of sp³-hybridized carbons (Fsp3) is 0.143. The Kier molecular flexibility index (Phi) is 17.2. The molecule has 2 heterocycles. The summed E-state index contributed by atoms with van der Waals surface area (Å²) in [6.45, 7) is 7.36. The maximum atomic E-state index is 12.6. The molecule has 0 amide bonds. The summed E-state index contributed by atoms with van der Waals surface area (Å²) in [6.07, 6.45) is 0. The first-order valence-corrected chi connectivity index (χ1v) is 16.8. The average Bonchev–Trinajstić information content (AvgIpc) is 3.18. The number of azo groups is 2. The molecule has 0 saturated heterocycles. The van der Waals surface area contributed by atoms with Crippen LogP contribution in [0.2, 0.25) is 0 Å². The molecular weight excluding hydrogens is 776 g/mol. The number of hydrogen-bond donors (Lipinski definition) is 2. The molecule has 0 unspecified atom stereocenters. The number of aryl methyl sites for hydroxylation is 2. The predicted molar refractivity (Wildman–Crippen MR) is 213 cm³/mol. The van der Waals surface area contributed by atoms with Gasteiger partial charge in [0.05, 0.1) is 24.5 Å². The van der Waals surface area contributed by atoms with Crippen molar-refractivity contribution < 1.29 is 38.2 Å². The first kappa shape index (κ1) is 46.2. The number of hydrogen-bond acceptors (Lipinski definition) is 10. The Bertz CT molecular complexity index is 2380. The first-order chi connectivity index (χ1) is 26.0. The molecule has 57 heavy (non-hydrogen) atoms. The van der Waals surface area contributed by atoms with Gasteiger partial charge in [0.1, 0.15) is 23.3 Å². The molecule has 6 aromatic rings. The van der Waals surface area contributed by atoms with Crippen molar-refractivity contribution in [1.29, 1.82) is 10.5 Å². The van der Waals surface area contributed by atoms with Gasteiger partial charge in [0.2, 0.25) is 11.8 Å². The molecule has 15 heteroatoms. The molecule has 0 aliphatic heterocycles. The van der Waals surface area contributed by atoms with Crippen LogP contribution in [0.3, 0.4) is 0 Å². The van der Waals surface area contributed by atoms with E-state index in [9.17, 15) is 30.3 Å². The van der Waals surface area contributed by atoms with Crippen LogP contribution in [0.4, 0.5) is 22.7 Å². The Morgan fingerprint density at radius 1 is 0.526 bits per heavy atom. The number of nitrogens with zero attached hydrogens (tertiary/aromatic N) is 8. The third-order valence-corrected chi connectivity index (χ3v) is 8.50. The van der Waals surface area contributed by atoms with Gasteiger partial charge in [-0.25, -0.2) is 0 Å². The summed E-state index contributed by atoms with van der Waals surface area (Å²) in [7, 11) is 0. The van der Waals surface area contributed by atoms with Crippen molar-refractivity contribution in [2.75, 3.05) is 0 Å². The van der Waals surface area contributed by atoms with Crippen molar-refractivity contribution in [2.24, 2.45) is 20.5 Å². The third-order valence-electron chi connectivity index (χ3n) is 8.50. The van der Waals surface area contributed by atoms with Crippen molar-refractivity contribution >= 4 is 22.7 Å². The molecular formula is C42H40CuN8O6. The van der Waals surface area contributed by atoms with Gasteiger partial charge in [-0.15, -0.1) is 10.2 Å². The minimum absolute atomic E-state index is 0. The second kappa shape index (κ2) is 21.2. The number of aromatic nitrogens is 2. The van der Waals surface area contributed by atoms with Crippen molar-refractivity contribution in [2.45, 2.75) is 40.8 Å². The smallest absolute Gasteiger partial charge is 0.271 e. The maximum absolute atomic E-state index is 12.6. The summed E-state index contributed by atoms with van der Waals surface area (Å²) in [5, 5.41) is 56.6. The molecule has 0 aliphatic carbocycles. The minimum atomic E-state index is -0.550. The quantitative estimate of drug-likeness (QED) is 0.117. The number of rotatable bonds is 8. The summed E-state index contributed by atoms with van der Waals surface area (Å²) < 4.78 is 2.29. The Hall–Kier alpha value is -7.00. The molecule has 6 rings (SSSR count). The summed E-state index contributed by atoms with van der Waals surface area (Å²) in [5.74, 6) is -0.618. The molecule has 4 aromatic carbocycles. The normalized spacial score (nSPS) is 10.3. The molecule has 0 spiro atoms. The molecule has 0 aliphatic rings. The van der Waals surface area contributed by atoms with E-state index in [0.29, 0.717) is 22.5 Å². The van der Waals surface area contributed by atoms with E-state index in [1.807, 2.05) is 111 Å². The van der Waals surface area contributed by atoms with Crippen molar-refractivity contribution in [3.8, 4) is 23.9 Å². The summed E-state index contributed by atoms with van der Waals surface area (Å²) in [4.78, 5) is 25.2. The summed E-state index contributed by atoms with van der Waals surface area (Å²) >= 11 is 0. The SMILES string of the molecule is Cc1ccc(N=Nc2c(C)c(C#N)c(=O)n(Cc3ccccc3)c2O)cc1.Cc1ccc(N=Nc2c(C)c(C#N)c(=O)n(Cc3ccccc3)c2O)cc1.O.O.[Cu]. The van der Waals surface area contributed by atoms with Gasteiger partial charge in [-0.05, 0) is 63.1 Å². The first-order valence-electron chi connectivity index (χ1n) is 16.8. The molecule has 0 atom stereocenters. The molecule has 1 radical (unpaired) electrons. The van der Waals surface area contributed by atoms with Gasteiger partial charge < -0.3 is 21.2 Å². The second-order valence-electron chi connectivity index (χ2n) is 12.4. The Morgan fingerprint density at radius 3 is 1.14 bits per heavy atom. The van der Waals surface area contributed by atoms with Crippen LogP contribution in [0.25, 0.3) is 0 Å². The average molecular weight is 816 g/mol. The number of benzene rings is 4. The van der Waals surface area contributed by atoms with Gasteiger partial charge in [0.25, 0.3) is 11.1 Å². The van der Waals surface area contributed by atoms with Gasteiger partial charge in [-0.3, -0.25) is 18.7 Å². The fourth-order valence-corrected chi connectivity index (χ4v) is 5.38. The van der Waals surface area contributed by atoms with Crippen LogP contribution in [0.1, 0.15) is 44.5 Å². The van der Waals surface area contributed by atoms with Gasteiger partial charge >= 0.3 is 0 Å². The van der Waals surface area contributed by atoms with Crippen LogP contribution in [0.5, 0.6) is 11.8 Å². The zero-order valence-corrected chi connectivity index (χ0v) is 32.3. The number of aromatic hydroxyl groups is 2. The molecule has 295 valence electrons. The molecule has 0 fully saturated rings. The predicted octanol–water partition coefficient (Wildman–Crippen LogP) is 7.36. The molecule has 0 saturated carbocycles. The summed E-state index contributed by atoms with van der Waals surface area (Å²) in [6, 6.07) is 37.1. The van der Waals surface area contributed by atoms with Gasteiger partial charge in [0, 0.05) is 28.2 Å². The fourth-order valence-electron chi connectivity index (χ4n) is 5.38. The standard InChI is InChI=1S/2C21H18N4O2.Cu.2H2O/c2*1-14-8-10-17(11-9-14)23-24-19-15(2)18(12-22)20(26)25(21(19)27)13-16-6-4-3-5-7-16;;;/h2*3-11,27H,13H2,1-2H3;;2*1H2. The van der Waals surface area contributed by atoms with Crippen LogP contribution in [0.15, 0.2) is 139 Å². The Morgan fingerprint density at radius 2 is 0.842 bits per heavy atom. The van der Waals surface area contributed by atoms with Crippen molar-refractivity contribution in [1.82, 2.24) is 9.13 Å². The Labute approximate surface area is 339 Å². The van der Waals surface area contributed by atoms with Crippen LogP contribution < -0.4 is 11.1 Å². The Balaban J connectivity index is 0.000000374. The number of nitriles is 2. The van der Waals surface area contributed by atoms with E-state index in [0.717, 1.165) is 31.4 Å². The zero-order valence-electron chi connectivity index (χ0n) is 31.4. The van der Waals surface area contributed by atoms with E-state index in [-0.39, 0.29) is 75.4 Å². The van der Waals surface area contributed by atoms with E-state index >= 15 is 0 Å². The molecule has 6 N–H and O–H groups in total. The van der Waals surface area contributed by atoms with Crippen molar-refractivity contribution in [3.05, 3.63) is 174 Å². The second-order valence-corrected chi connectivity index (χ2v) is 12.4. The number of pyridine rings is 2. The minimum Gasteiger partial charge on any atom is -0.493 e. The van der Waals surface area contributed by atoms with Gasteiger partial charge in [-0.2, -0.15) is 20.8 Å². The molecule has 2 aromatic heterocycles. The van der Waals surface area contributed by atoms with Crippen LogP contribution in [-0.4, -0.2) is 30.3 Å². The topological polar surface area (TPSA) is 244 Å². The van der Waals surface area contributed by atoms with E-state index < -0.39 is 11.1 Å². The largest absolute Gasteiger partial charge is 0.493 e.